The number of amides is 1. The van der Waals surface area contributed by atoms with Gasteiger partial charge in [0.1, 0.15) is 17.7 Å². The number of nitrogens with two attached hydrogens (primary N) is 2. The van der Waals surface area contributed by atoms with Crippen molar-refractivity contribution in [1.29, 1.82) is 5.26 Å². The molecule has 5 N–H and O–H groups in total. The lowest BCUT2D eigenvalue weighted by atomic mass is 9.80. The van der Waals surface area contributed by atoms with Crippen molar-refractivity contribution in [2.75, 3.05) is 18.0 Å². The van der Waals surface area contributed by atoms with Gasteiger partial charge in [0.15, 0.2) is 5.60 Å². The molecule has 29 heavy (non-hydrogen) atoms. The zero-order chi connectivity index (χ0) is 21.4. The molecule has 0 radical (unpaired) electrons. The Hall–Kier alpha value is -3.13. The van der Waals surface area contributed by atoms with Crippen molar-refractivity contribution in [2.24, 2.45) is 22.4 Å². The Morgan fingerprint density at radius 2 is 2.03 bits per heavy atom. The van der Waals surface area contributed by atoms with E-state index in [2.05, 4.69) is 16.0 Å². The number of aromatic nitrogens is 1. The molecule has 0 spiro atoms. The molecule has 154 valence electrons. The largest absolute Gasteiger partial charge is 0.422 e. The van der Waals surface area contributed by atoms with Crippen LogP contribution in [0.2, 0.25) is 0 Å². The molecule has 0 aromatic carbocycles. The van der Waals surface area contributed by atoms with Crippen LogP contribution in [-0.4, -0.2) is 46.7 Å². The first-order valence-electron chi connectivity index (χ1n) is 8.85. The van der Waals surface area contributed by atoms with Crippen molar-refractivity contribution in [1.82, 2.24) is 4.98 Å². The minimum Gasteiger partial charge on any atom is -0.401 e. The van der Waals surface area contributed by atoms with Gasteiger partial charge in [-0.05, 0) is 25.0 Å². The highest BCUT2D eigenvalue weighted by atomic mass is 19.4. The monoisotopic (exact) mass is 408 g/mol. The molecule has 1 fully saturated rings. The minimum absolute atomic E-state index is 0.222. The summed E-state index contributed by atoms with van der Waals surface area (Å²) in [6.45, 7) is 0.787. The van der Waals surface area contributed by atoms with Gasteiger partial charge in [-0.2, -0.15) is 23.4 Å². The quantitative estimate of drug-likeness (QED) is 0.662. The highest BCUT2D eigenvalue weighted by molar-refractivity contribution is 6.09. The minimum atomic E-state index is -5.14. The van der Waals surface area contributed by atoms with E-state index in [1.165, 1.54) is 0 Å². The maximum absolute atomic E-state index is 13.6. The normalized spacial score (nSPS) is 25.4. The predicted octanol–water partition coefficient (Wildman–Crippen LogP) is 0.963. The SMILES string of the molecule is N#Cc1cccnc1N1CCC(C(N)=C2C(N)=NC(=O)CC2(O)C(F)(F)F)CC1. The maximum atomic E-state index is 13.6. The van der Waals surface area contributed by atoms with E-state index >= 15 is 0 Å². The smallest absolute Gasteiger partial charge is 0.401 e. The second-order valence-electron chi connectivity index (χ2n) is 7.00. The third kappa shape index (κ3) is 3.63. The van der Waals surface area contributed by atoms with Crippen molar-refractivity contribution in [3.05, 3.63) is 35.2 Å². The molecule has 1 saturated heterocycles. The van der Waals surface area contributed by atoms with Crippen molar-refractivity contribution in [2.45, 2.75) is 31.0 Å². The predicted molar refractivity (Wildman–Crippen MR) is 97.4 cm³/mol. The lowest BCUT2D eigenvalue weighted by Crippen LogP contribution is -2.55. The van der Waals surface area contributed by atoms with Gasteiger partial charge in [0.05, 0.1) is 17.6 Å². The summed E-state index contributed by atoms with van der Waals surface area (Å²) < 4.78 is 40.7. The summed E-state index contributed by atoms with van der Waals surface area (Å²) in [5, 5.41) is 19.5. The second-order valence-corrected chi connectivity index (χ2v) is 7.00. The van der Waals surface area contributed by atoms with Gasteiger partial charge >= 0.3 is 6.18 Å². The first-order valence-corrected chi connectivity index (χ1v) is 8.85. The average Bonchev–Trinajstić information content (AvgIpc) is 2.66. The first-order chi connectivity index (χ1) is 13.6. The molecule has 11 heteroatoms. The van der Waals surface area contributed by atoms with Crippen molar-refractivity contribution in [3.8, 4) is 6.07 Å². The number of alkyl halides is 3. The Labute approximate surface area is 164 Å². The van der Waals surface area contributed by atoms with Crippen molar-refractivity contribution in [3.63, 3.8) is 0 Å². The molecular weight excluding hydrogens is 389 g/mol. The number of amidine groups is 1. The molecule has 3 rings (SSSR count). The van der Waals surface area contributed by atoms with Gasteiger partial charge in [-0.1, -0.05) is 0 Å². The summed E-state index contributed by atoms with van der Waals surface area (Å²) in [6.07, 6.45) is -4.14. The highest BCUT2D eigenvalue weighted by Crippen LogP contribution is 2.43. The van der Waals surface area contributed by atoms with Gasteiger partial charge in [0.2, 0.25) is 0 Å². The third-order valence-corrected chi connectivity index (χ3v) is 5.22. The number of piperidine rings is 1. The molecule has 8 nitrogen and oxygen atoms in total. The number of hydrogen-bond acceptors (Lipinski definition) is 7. The molecule has 3 heterocycles. The van der Waals surface area contributed by atoms with E-state index in [1.807, 2.05) is 4.90 Å². The van der Waals surface area contributed by atoms with Crippen LogP contribution >= 0.6 is 0 Å². The average molecular weight is 408 g/mol. The number of hydrogen-bond donors (Lipinski definition) is 3. The van der Waals surface area contributed by atoms with E-state index in [4.69, 9.17) is 11.5 Å². The number of halogens is 3. The molecule has 1 unspecified atom stereocenters. The van der Waals surface area contributed by atoms with Crippen LogP contribution in [-0.2, 0) is 4.79 Å². The number of carbonyl (C=O) groups is 1. The Kier molecular flexibility index (Phi) is 5.23. The van der Waals surface area contributed by atoms with Crippen molar-refractivity contribution >= 4 is 17.6 Å². The standard InChI is InChI=1S/C18H19F3N6O2/c19-18(20,21)17(29)8-12(28)26-15(24)13(17)14(23)10-3-6-27(7-4-10)16-11(9-22)2-1-5-25-16/h1-2,5,10,29H,3-4,6-8,23H2,(H2,24,26,28). The van der Waals surface area contributed by atoms with Gasteiger partial charge < -0.3 is 21.5 Å². The molecule has 2 aliphatic rings. The number of nitriles is 1. The summed E-state index contributed by atoms with van der Waals surface area (Å²) in [4.78, 5) is 20.9. The molecule has 0 saturated carbocycles. The summed E-state index contributed by atoms with van der Waals surface area (Å²) >= 11 is 0. The number of aliphatic hydroxyl groups is 1. The lowest BCUT2D eigenvalue weighted by molar-refractivity contribution is -0.244. The van der Waals surface area contributed by atoms with E-state index in [0.717, 1.165) is 0 Å². The Morgan fingerprint density at radius 3 is 2.62 bits per heavy atom. The van der Waals surface area contributed by atoms with Gasteiger partial charge in [0.25, 0.3) is 5.91 Å². The van der Waals surface area contributed by atoms with Gasteiger partial charge in [-0.3, -0.25) is 4.79 Å². The lowest BCUT2D eigenvalue weighted by Gasteiger charge is -2.38. The highest BCUT2D eigenvalue weighted by Gasteiger charge is 2.60. The van der Waals surface area contributed by atoms with Crippen molar-refractivity contribution < 1.29 is 23.1 Å². The zero-order valence-electron chi connectivity index (χ0n) is 15.3. The van der Waals surface area contributed by atoms with Crippen LogP contribution in [0.25, 0.3) is 0 Å². The van der Waals surface area contributed by atoms with Gasteiger partial charge in [-0.25, -0.2) is 4.98 Å². The molecule has 1 aromatic heterocycles. The Bertz CT molecular complexity index is 928. The number of aliphatic imine (C=N–C) groups is 1. The van der Waals surface area contributed by atoms with E-state index in [1.54, 1.807) is 18.3 Å². The van der Waals surface area contributed by atoms with E-state index < -0.39 is 41.4 Å². The molecule has 1 amide bonds. The maximum Gasteiger partial charge on any atom is 0.422 e. The molecular formula is C18H19F3N6O2. The Balaban J connectivity index is 1.89. The Morgan fingerprint density at radius 1 is 1.38 bits per heavy atom. The molecule has 0 aliphatic carbocycles. The summed E-state index contributed by atoms with van der Waals surface area (Å²) in [5.41, 5.74) is 7.58. The fraction of sp³-hybridized carbons (Fsp3) is 0.444. The van der Waals surface area contributed by atoms with Crippen LogP contribution < -0.4 is 16.4 Å². The zero-order valence-corrected chi connectivity index (χ0v) is 15.3. The van der Waals surface area contributed by atoms with Gasteiger partial charge in [0, 0.05) is 30.9 Å². The summed E-state index contributed by atoms with van der Waals surface area (Å²) in [7, 11) is 0. The molecule has 0 bridgehead atoms. The summed E-state index contributed by atoms with van der Waals surface area (Å²) in [6, 6.07) is 5.33. The molecule has 1 aromatic rings. The molecule has 1 atom stereocenters. The van der Waals surface area contributed by atoms with E-state index in [0.29, 0.717) is 37.3 Å². The topological polar surface area (TPSA) is 142 Å². The number of allylic oxidation sites excluding steroid dienone is 1. The number of carbonyl (C=O) groups excluding carboxylic acids is 1. The van der Waals surface area contributed by atoms with Gasteiger partial charge in [-0.15, -0.1) is 0 Å². The number of nitrogens with zero attached hydrogens (tertiary/aromatic N) is 4. The van der Waals surface area contributed by atoms with Crippen LogP contribution in [0.4, 0.5) is 19.0 Å². The van der Waals surface area contributed by atoms with Crippen LogP contribution in [0.1, 0.15) is 24.8 Å². The first kappa shape index (κ1) is 20.6. The fourth-order valence-electron chi connectivity index (χ4n) is 3.72. The number of anilines is 1. The van der Waals surface area contributed by atoms with Crippen LogP contribution in [0.3, 0.4) is 0 Å². The number of rotatable bonds is 2. The fourth-order valence-corrected chi connectivity index (χ4v) is 3.72. The summed E-state index contributed by atoms with van der Waals surface area (Å²) in [5.74, 6) is -1.88. The van der Waals surface area contributed by atoms with E-state index in [-0.39, 0.29) is 5.70 Å². The van der Waals surface area contributed by atoms with E-state index in [9.17, 15) is 28.3 Å². The van der Waals surface area contributed by atoms with Crippen LogP contribution in [0.15, 0.2) is 34.6 Å². The second kappa shape index (κ2) is 7.36. The van der Waals surface area contributed by atoms with Crippen LogP contribution in [0, 0.1) is 17.2 Å². The number of pyridine rings is 1. The third-order valence-electron chi connectivity index (χ3n) is 5.22. The molecule has 2 aliphatic heterocycles. The van der Waals surface area contributed by atoms with Crippen LogP contribution in [0.5, 0.6) is 0 Å².